The number of aromatic nitrogens is 1. The Labute approximate surface area is 173 Å². The van der Waals surface area contributed by atoms with Gasteiger partial charge in [0, 0.05) is 50.7 Å². The Bertz CT molecular complexity index is 520. The summed E-state index contributed by atoms with van der Waals surface area (Å²) >= 11 is 0. The molecule has 1 atom stereocenters. The number of hydrogen-bond donors (Lipinski definition) is 2. The number of pyridine rings is 1. The summed E-state index contributed by atoms with van der Waals surface area (Å²) in [5.41, 5.74) is 1.10. The molecule has 2 fully saturated rings. The van der Waals surface area contributed by atoms with E-state index >= 15 is 0 Å². The Kier molecular flexibility index (Phi) is 10.2. The van der Waals surface area contributed by atoms with Crippen molar-refractivity contribution in [3.05, 3.63) is 30.1 Å². The second-order valence-corrected chi connectivity index (χ2v) is 6.71. The van der Waals surface area contributed by atoms with Crippen molar-refractivity contribution in [1.29, 1.82) is 0 Å². The quantitative estimate of drug-likeness (QED) is 0.236. The lowest BCUT2D eigenvalue weighted by molar-refractivity contribution is 0.0171. The van der Waals surface area contributed by atoms with Crippen molar-refractivity contribution >= 4 is 29.9 Å². The zero-order valence-electron chi connectivity index (χ0n) is 15.4. The van der Waals surface area contributed by atoms with E-state index in [0.717, 1.165) is 63.8 Å². The highest BCUT2D eigenvalue weighted by Gasteiger charge is 2.22. The first-order valence-corrected chi connectivity index (χ1v) is 9.54. The third-order valence-corrected chi connectivity index (χ3v) is 4.36. The minimum atomic E-state index is 0. The van der Waals surface area contributed by atoms with Crippen LogP contribution in [0.15, 0.2) is 29.4 Å². The molecule has 1 unspecified atom stereocenters. The fourth-order valence-electron chi connectivity index (χ4n) is 2.78. The second-order valence-electron chi connectivity index (χ2n) is 6.71. The smallest absolute Gasteiger partial charge is 0.191 e. The van der Waals surface area contributed by atoms with Gasteiger partial charge in [-0.15, -0.1) is 24.0 Å². The molecule has 1 saturated heterocycles. The summed E-state index contributed by atoms with van der Waals surface area (Å²) in [6.45, 7) is 3.97. The molecule has 7 heteroatoms. The third kappa shape index (κ3) is 8.64. The van der Waals surface area contributed by atoms with Crippen LogP contribution < -0.4 is 10.6 Å². The molecule has 1 saturated carbocycles. The zero-order chi connectivity index (χ0) is 17.2. The van der Waals surface area contributed by atoms with Crippen LogP contribution in [0.3, 0.4) is 0 Å². The molecular formula is C19H31IN4O2. The van der Waals surface area contributed by atoms with Gasteiger partial charge in [-0.3, -0.25) is 9.98 Å². The Morgan fingerprint density at radius 1 is 1.31 bits per heavy atom. The van der Waals surface area contributed by atoms with Crippen LogP contribution >= 0.6 is 24.0 Å². The average molecular weight is 474 g/mol. The van der Waals surface area contributed by atoms with Crippen molar-refractivity contribution in [2.75, 3.05) is 32.9 Å². The van der Waals surface area contributed by atoms with Crippen molar-refractivity contribution in [1.82, 2.24) is 15.6 Å². The van der Waals surface area contributed by atoms with Gasteiger partial charge in [0.25, 0.3) is 0 Å². The molecular weight excluding hydrogens is 443 g/mol. The van der Waals surface area contributed by atoms with E-state index in [1.165, 1.54) is 19.3 Å². The minimum absolute atomic E-state index is 0. The van der Waals surface area contributed by atoms with E-state index in [4.69, 9.17) is 9.47 Å². The first kappa shape index (κ1) is 21.4. The van der Waals surface area contributed by atoms with Crippen LogP contribution in [0, 0.1) is 0 Å². The van der Waals surface area contributed by atoms with Crippen LogP contribution in [0.25, 0.3) is 0 Å². The van der Waals surface area contributed by atoms with Crippen molar-refractivity contribution in [3.63, 3.8) is 0 Å². The maximum atomic E-state index is 5.69. The van der Waals surface area contributed by atoms with E-state index < -0.39 is 0 Å². The molecule has 1 aliphatic carbocycles. The summed E-state index contributed by atoms with van der Waals surface area (Å²) in [5.74, 6) is 0.914. The summed E-state index contributed by atoms with van der Waals surface area (Å²) in [4.78, 5) is 9.02. The Morgan fingerprint density at radius 3 is 2.96 bits per heavy atom. The fraction of sp³-hybridized carbons (Fsp3) is 0.684. The van der Waals surface area contributed by atoms with Gasteiger partial charge in [0.1, 0.15) is 0 Å². The van der Waals surface area contributed by atoms with Crippen LogP contribution in [0.4, 0.5) is 0 Å². The van der Waals surface area contributed by atoms with Crippen LogP contribution in [-0.4, -0.2) is 56.0 Å². The summed E-state index contributed by atoms with van der Waals surface area (Å²) in [6.07, 6.45) is 8.76. The lowest BCUT2D eigenvalue weighted by Crippen LogP contribution is -2.39. The van der Waals surface area contributed by atoms with Crippen LogP contribution in [-0.2, 0) is 15.9 Å². The standard InChI is InChI=1S/C19H30N4O2.HI/c1-2-10-20-16(5-1)9-12-22-19(23-17-7-8-17)21-11-4-13-24-15-18-6-3-14-25-18;/h1-2,5,10,17-18H,3-4,6-9,11-15H2,(H2,21,22,23);1H. The maximum absolute atomic E-state index is 5.69. The van der Waals surface area contributed by atoms with Gasteiger partial charge in [0.05, 0.1) is 12.7 Å². The fourth-order valence-corrected chi connectivity index (χ4v) is 2.78. The Morgan fingerprint density at radius 2 is 2.23 bits per heavy atom. The van der Waals surface area contributed by atoms with Gasteiger partial charge in [0.2, 0.25) is 0 Å². The van der Waals surface area contributed by atoms with Crippen molar-refractivity contribution in [2.45, 2.75) is 50.7 Å². The number of ether oxygens (including phenoxy) is 2. The van der Waals surface area contributed by atoms with Gasteiger partial charge in [-0.05, 0) is 44.2 Å². The maximum Gasteiger partial charge on any atom is 0.191 e. The lowest BCUT2D eigenvalue weighted by Gasteiger charge is -2.12. The van der Waals surface area contributed by atoms with Crippen LogP contribution in [0.1, 0.15) is 37.8 Å². The van der Waals surface area contributed by atoms with Crippen molar-refractivity contribution in [3.8, 4) is 0 Å². The van der Waals surface area contributed by atoms with Crippen molar-refractivity contribution in [2.24, 2.45) is 4.99 Å². The van der Waals surface area contributed by atoms with E-state index in [1.54, 1.807) is 0 Å². The monoisotopic (exact) mass is 474 g/mol. The highest BCUT2D eigenvalue weighted by molar-refractivity contribution is 14.0. The van der Waals surface area contributed by atoms with Gasteiger partial charge in [-0.2, -0.15) is 0 Å². The molecule has 1 aromatic rings. The molecule has 1 aromatic heterocycles. The number of nitrogens with zero attached hydrogens (tertiary/aromatic N) is 2. The normalized spacial score (nSPS) is 19.8. The van der Waals surface area contributed by atoms with E-state index in [9.17, 15) is 0 Å². The summed E-state index contributed by atoms with van der Waals surface area (Å²) in [7, 11) is 0. The predicted octanol–water partition coefficient (Wildman–Crippen LogP) is 2.53. The number of rotatable bonds is 10. The molecule has 1 aliphatic heterocycles. The van der Waals surface area contributed by atoms with E-state index in [0.29, 0.717) is 12.1 Å². The van der Waals surface area contributed by atoms with Crippen LogP contribution in [0.2, 0.25) is 0 Å². The van der Waals surface area contributed by atoms with E-state index in [2.05, 4.69) is 26.7 Å². The molecule has 6 nitrogen and oxygen atoms in total. The molecule has 2 aliphatic rings. The first-order valence-electron chi connectivity index (χ1n) is 9.54. The topological polar surface area (TPSA) is 67.8 Å². The molecule has 0 bridgehead atoms. The van der Waals surface area contributed by atoms with E-state index in [-0.39, 0.29) is 24.0 Å². The number of guanidine groups is 1. The number of aliphatic imine (C=N–C) groups is 1. The van der Waals surface area contributed by atoms with Gasteiger partial charge < -0.3 is 20.1 Å². The second kappa shape index (κ2) is 12.5. The van der Waals surface area contributed by atoms with Crippen molar-refractivity contribution < 1.29 is 9.47 Å². The van der Waals surface area contributed by atoms with Gasteiger partial charge >= 0.3 is 0 Å². The third-order valence-electron chi connectivity index (χ3n) is 4.36. The van der Waals surface area contributed by atoms with E-state index in [1.807, 2.05) is 18.3 Å². The molecule has 3 rings (SSSR count). The number of nitrogens with one attached hydrogen (secondary N) is 2. The van der Waals surface area contributed by atoms with Crippen LogP contribution in [0.5, 0.6) is 0 Å². The lowest BCUT2D eigenvalue weighted by atomic mass is 10.2. The Balaban J connectivity index is 0.00000243. The predicted molar refractivity (Wildman–Crippen MR) is 114 cm³/mol. The molecule has 2 N–H and O–H groups in total. The molecule has 0 aromatic carbocycles. The molecule has 0 spiro atoms. The average Bonchev–Trinajstić information content (AvgIpc) is 3.30. The highest BCUT2D eigenvalue weighted by atomic mass is 127. The largest absolute Gasteiger partial charge is 0.379 e. The molecule has 0 amide bonds. The van der Waals surface area contributed by atoms with Gasteiger partial charge in [-0.1, -0.05) is 6.07 Å². The highest BCUT2D eigenvalue weighted by Crippen LogP contribution is 2.18. The summed E-state index contributed by atoms with van der Waals surface area (Å²) in [5, 5.41) is 6.88. The number of halogens is 1. The van der Waals surface area contributed by atoms with Gasteiger partial charge in [-0.25, -0.2) is 0 Å². The zero-order valence-corrected chi connectivity index (χ0v) is 17.7. The SMILES string of the molecule is I.c1ccc(CCNC(=NCCCOCC2CCCO2)NC2CC2)nc1. The summed E-state index contributed by atoms with van der Waals surface area (Å²) in [6, 6.07) is 6.62. The number of hydrogen-bond acceptors (Lipinski definition) is 4. The minimum Gasteiger partial charge on any atom is -0.379 e. The Hall–Kier alpha value is -0.930. The first-order chi connectivity index (χ1) is 12.4. The molecule has 2 heterocycles. The summed E-state index contributed by atoms with van der Waals surface area (Å²) < 4.78 is 11.2. The molecule has 0 radical (unpaired) electrons. The molecule has 146 valence electrons. The van der Waals surface area contributed by atoms with Gasteiger partial charge in [0.15, 0.2) is 5.96 Å². The molecule has 26 heavy (non-hydrogen) atoms.